The maximum atomic E-state index is 11.1. The first-order chi connectivity index (χ1) is 6.16. The Hall–Kier alpha value is -1.10. The Morgan fingerprint density at radius 2 is 1.77 bits per heavy atom. The minimum absolute atomic E-state index is 0.0575. The molecule has 0 saturated carbocycles. The topological polar surface area (TPSA) is 66.8 Å². The zero-order valence-corrected chi connectivity index (χ0v) is 7.10. The Labute approximate surface area is 75.3 Å². The van der Waals surface area contributed by atoms with Gasteiger partial charge in [0.05, 0.1) is 12.2 Å². The molecule has 0 aromatic heterocycles. The van der Waals surface area contributed by atoms with Gasteiger partial charge in [-0.25, -0.2) is 4.79 Å². The van der Waals surface area contributed by atoms with Gasteiger partial charge in [0.2, 0.25) is 0 Å². The van der Waals surface area contributed by atoms with Gasteiger partial charge in [-0.3, -0.25) is 4.79 Å². The van der Waals surface area contributed by atoms with Crippen molar-refractivity contribution in [3.63, 3.8) is 0 Å². The van der Waals surface area contributed by atoms with Crippen molar-refractivity contribution in [3.8, 4) is 0 Å². The molecule has 0 aromatic rings. The second-order valence-electron chi connectivity index (χ2n) is 3.47. The molecule has 2 unspecified atom stereocenters. The Balaban J connectivity index is 2.02. The van der Waals surface area contributed by atoms with Gasteiger partial charge in [-0.05, 0) is 12.8 Å². The number of amides is 1. The molecule has 0 radical (unpaired) electrons. The lowest BCUT2D eigenvalue weighted by Crippen LogP contribution is -2.48. The predicted molar refractivity (Wildman–Crippen MR) is 42.1 cm³/mol. The molecule has 2 atom stereocenters. The summed E-state index contributed by atoms with van der Waals surface area (Å²) in [6.45, 7) is 0.864. The third-order valence-electron chi connectivity index (χ3n) is 2.51. The number of carbonyl (C=O) groups is 2. The number of nitrogens with zero attached hydrogens (tertiary/aromatic N) is 1. The normalized spacial score (nSPS) is 31.8. The largest absolute Gasteiger partial charge is 0.474 e. The minimum atomic E-state index is -1.37. The highest BCUT2D eigenvalue weighted by Gasteiger charge is 2.37. The summed E-state index contributed by atoms with van der Waals surface area (Å²) < 4.78 is 5.47. The molecule has 2 aliphatic heterocycles. The van der Waals surface area contributed by atoms with Gasteiger partial charge in [-0.1, -0.05) is 0 Å². The molecule has 1 N–H and O–H groups in total. The van der Waals surface area contributed by atoms with Crippen LogP contribution in [0.3, 0.4) is 0 Å². The molecule has 5 heteroatoms. The summed E-state index contributed by atoms with van der Waals surface area (Å²) >= 11 is 0. The summed E-state index contributed by atoms with van der Waals surface area (Å²) in [5.41, 5.74) is 0. The average Bonchev–Trinajstić information content (AvgIpc) is 2.44. The Kier molecular flexibility index (Phi) is 1.95. The zero-order valence-electron chi connectivity index (χ0n) is 7.10. The summed E-state index contributed by atoms with van der Waals surface area (Å²) in [6, 6.07) is 0. The summed E-state index contributed by atoms with van der Waals surface area (Å²) in [4.78, 5) is 22.9. The number of rotatable bonds is 0. The van der Waals surface area contributed by atoms with E-state index in [9.17, 15) is 9.59 Å². The van der Waals surface area contributed by atoms with E-state index in [1.807, 2.05) is 0 Å². The van der Waals surface area contributed by atoms with Crippen molar-refractivity contribution in [1.82, 2.24) is 4.90 Å². The second-order valence-corrected chi connectivity index (χ2v) is 3.47. The van der Waals surface area contributed by atoms with Crippen LogP contribution in [-0.4, -0.2) is 47.2 Å². The third-order valence-corrected chi connectivity index (χ3v) is 2.51. The number of morpholine rings is 1. The van der Waals surface area contributed by atoms with E-state index >= 15 is 0 Å². The first kappa shape index (κ1) is 8.50. The van der Waals surface area contributed by atoms with Crippen molar-refractivity contribution in [2.45, 2.75) is 25.0 Å². The highest BCUT2D eigenvalue weighted by molar-refractivity contribution is 6.31. The van der Waals surface area contributed by atoms with E-state index in [0.717, 1.165) is 12.8 Å². The van der Waals surface area contributed by atoms with Gasteiger partial charge in [-0.2, -0.15) is 0 Å². The van der Waals surface area contributed by atoms with E-state index in [1.165, 1.54) is 4.90 Å². The first-order valence-corrected chi connectivity index (χ1v) is 4.34. The van der Waals surface area contributed by atoms with Crippen LogP contribution in [-0.2, 0) is 14.3 Å². The van der Waals surface area contributed by atoms with Crippen LogP contribution in [0.1, 0.15) is 12.8 Å². The number of carboxylic acids is 1. The van der Waals surface area contributed by atoms with Crippen molar-refractivity contribution in [2.75, 3.05) is 13.1 Å². The Morgan fingerprint density at radius 1 is 1.23 bits per heavy atom. The summed E-state index contributed by atoms with van der Waals surface area (Å²) in [5, 5.41) is 8.50. The molecule has 0 aliphatic carbocycles. The van der Waals surface area contributed by atoms with Gasteiger partial charge in [0.1, 0.15) is 0 Å². The molecule has 5 nitrogen and oxygen atoms in total. The minimum Gasteiger partial charge on any atom is -0.474 e. The van der Waals surface area contributed by atoms with Crippen LogP contribution in [0.15, 0.2) is 0 Å². The number of hydrogen-bond acceptors (Lipinski definition) is 3. The lowest BCUT2D eigenvalue weighted by molar-refractivity contribution is -0.160. The summed E-state index contributed by atoms with van der Waals surface area (Å²) in [5.74, 6) is -2.18. The molecule has 2 bridgehead atoms. The van der Waals surface area contributed by atoms with Gasteiger partial charge in [0, 0.05) is 13.1 Å². The monoisotopic (exact) mass is 185 g/mol. The molecule has 2 fully saturated rings. The van der Waals surface area contributed by atoms with E-state index in [0.29, 0.717) is 13.1 Å². The smallest absolute Gasteiger partial charge is 0.394 e. The predicted octanol–water partition coefficient (Wildman–Crippen LogP) is -0.539. The maximum Gasteiger partial charge on any atom is 0.394 e. The van der Waals surface area contributed by atoms with Crippen LogP contribution in [0.25, 0.3) is 0 Å². The highest BCUT2D eigenvalue weighted by Crippen LogP contribution is 2.26. The zero-order chi connectivity index (χ0) is 9.42. The quantitative estimate of drug-likeness (QED) is 0.515. The molecule has 0 aromatic carbocycles. The Bertz CT molecular complexity index is 241. The molecule has 1 amide bonds. The van der Waals surface area contributed by atoms with E-state index in [-0.39, 0.29) is 12.2 Å². The first-order valence-electron chi connectivity index (χ1n) is 4.34. The van der Waals surface area contributed by atoms with Crippen LogP contribution in [0.2, 0.25) is 0 Å². The summed E-state index contributed by atoms with van der Waals surface area (Å²) in [7, 11) is 0. The number of aliphatic carboxylic acids is 1. The SMILES string of the molecule is O=C(O)C(=O)N1CC2CCC(C1)O2. The van der Waals surface area contributed by atoms with Crippen LogP contribution in [0.5, 0.6) is 0 Å². The van der Waals surface area contributed by atoms with Crippen LogP contribution in [0.4, 0.5) is 0 Å². The van der Waals surface area contributed by atoms with Crippen LogP contribution < -0.4 is 0 Å². The molecule has 0 spiro atoms. The van der Waals surface area contributed by atoms with Crippen molar-refractivity contribution < 1.29 is 19.4 Å². The van der Waals surface area contributed by atoms with Crippen molar-refractivity contribution in [1.29, 1.82) is 0 Å². The molecule has 2 rings (SSSR count). The lowest BCUT2D eigenvalue weighted by atomic mass is 10.2. The highest BCUT2D eigenvalue weighted by atomic mass is 16.5. The fraction of sp³-hybridized carbons (Fsp3) is 0.750. The van der Waals surface area contributed by atoms with Gasteiger partial charge >= 0.3 is 11.9 Å². The van der Waals surface area contributed by atoms with E-state index < -0.39 is 11.9 Å². The van der Waals surface area contributed by atoms with Gasteiger partial charge in [0.25, 0.3) is 0 Å². The fourth-order valence-electron chi connectivity index (χ4n) is 1.92. The number of hydrogen-bond donors (Lipinski definition) is 1. The number of ether oxygens (including phenoxy) is 1. The van der Waals surface area contributed by atoms with Crippen molar-refractivity contribution in [2.24, 2.45) is 0 Å². The Morgan fingerprint density at radius 3 is 2.23 bits per heavy atom. The number of carboxylic acid groups (broad SMARTS) is 1. The van der Waals surface area contributed by atoms with Gasteiger partial charge in [-0.15, -0.1) is 0 Å². The maximum absolute atomic E-state index is 11.1. The average molecular weight is 185 g/mol. The molecule has 2 saturated heterocycles. The molecule has 2 heterocycles. The molecule has 13 heavy (non-hydrogen) atoms. The molecular weight excluding hydrogens is 174 g/mol. The molecule has 2 aliphatic rings. The van der Waals surface area contributed by atoms with Crippen LogP contribution in [0, 0.1) is 0 Å². The van der Waals surface area contributed by atoms with E-state index in [1.54, 1.807) is 0 Å². The van der Waals surface area contributed by atoms with E-state index in [4.69, 9.17) is 9.84 Å². The van der Waals surface area contributed by atoms with Crippen molar-refractivity contribution in [3.05, 3.63) is 0 Å². The van der Waals surface area contributed by atoms with Gasteiger partial charge in [0.15, 0.2) is 0 Å². The number of carbonyl (C=O) groups excluding carboxylic acids is 1. The number of likely N-dealkylation sites (tertiary alicyclic amines) is 1. The molecule has 72 valence electrons. The lowest BCUT2D eigenvalue weighted by Gasteiger charge is -2.30. The standard InChI is InChI=1S/C8H11NO4/c10-7(8(11)12)9-3-5-1-2-6(4-9)13-5/h5-6H,1-4H2,(H,11,12). The van der Waals surface area contributed by atoms with E-state index in [2.05, 4.69) is 0 Å². The van der Waals surface area contributed by atoms with Crippen LogP contribution >= 0.6 is 0 Å². The fourth-order valence-corrected chi connectivity index (χ4v) is 1.92. The van der Waals surface area contributed by atoms with Crippen molar-refractivity contribution >= 4 is 11.9 Å². The second kappa shape index (κ2) is 2.99. The number of fused-ring (bicyclic) bond motifs is 2. The molecular formula is C8H11NO4. The third kappa shape index (κ3) is 1.51. The summed E-state index contributed by atoms with van der Waals surface area (Å²) in [6.07, 6.45) is 1.99. The van der Waals surface area contributed by atoms with Gasteiger partial charge < -0.3 is 14.7 Å².